The van der Waals surface area contributed by atoms with Crippen molar-refractivity contribution in [3.8, 4) is 5.75 Å². The topological polar surface area (TPSA) is 48.9 Å². The minimum atomic E-state index is 0.201. The van der Waals surface area contributed by atoms with Crippen molar-refractivity contribution in [3.63, 3.8) is 0 Å². The van der Waals surface area contributed by atoms with Crippen LogP contribution in [-0.2, 0) is 0 Å². The number of phenolic OH excluding ortho intramolecular Hbond substituents is 1. The molecule has 0 amide bonds. The third-order valence-corrected chi connectivity index (χ3v) is 1.83. The number of aromatic amines is 1. The number of thiol groups is 1. The van der Waals surface area contributed by atoms with Gasteiger partial charge in [-0.15, -0.1) is 12.6 Å². The van der Waals surface area contributed by atoms with Crippen LogP contribution < -0.4 is 0 Å². The maximum Gasteiger partial charge on any atom is 0.118 e. The third-order valence-electron chi connectivity index (χ3n) is 1.49. The number of hydrogen-bond acceptors (Lipinski definition) is 3. The first-order valence-corrected chi connectivity index (χ1v) is 3.57. The smallest absolute Gasteiger partial charge is 0.118 e. The van der Waals surface area contributed by atoms with Crippen molar-refractivity contribution in [2.75, 3.05) is 0 Å². The minimum Gasteiger partial charge on any atom is -0.508 e. The second-order valence-electron chi connectivity index (χ2n) is 2.26. The molecule has 2 rings (SSSR count). The first-order chi connectivity index (χ1) is 5.27. The normalized spacial score (nSPS) is 10.6. The quantitative estimate of drug-likeness (QED) is 0.520. The van der Waals surface area contributed by atoms with E-state index in [1.807, 2.05) is 0 Å². The molecule has 0 saturated carbocycles. The SMILES string of the molecule is Oc1cc(S)c2nc[nH]c2c1. The predicted molar refractivity (Wildman–Crippen MR) is 45.0 cm³/mol. The lowest BCUT2D eigenvalue weighted by atomic mass is 10.3. The molecule has 2 aromatic rings. The molecule has 11 heavy (non-hydrogen) atoms. The van der Waals surface area contributed by atoms with Gasteiger partial charge in [-0.2, -0.15) is 0 Å². The van der Waals surface area contributed by atoms with Gasteiger partial charge in [-0.1, -0.05) is 0 Å². The van der Waals surface area contributed by atoms with Gasteiger partial charge in [0.05, 0.1) is 11.8 Å². The van der Waals surface area contributed by atoms with E-state index in [9.17, 15) is 0 Å². The second-order valence-corrected chi connectivity index (χ2v) is 2.75. The summed E-state index contributed by atoms with van der Waals surface area (Å²) in [4.78, 5) is 7.58. The molecule has 0 saturated heterocycles. The molecule has 0 spiro atoms. The first-order valence-electron chi connectivity index (χ1n) is 3.12. The Hall–Kier alpha value is -1.16. The molecule has 0 aliphatic carbocycles. The summed E-state index contributed by atoms with van der Waals surface area (Å²) in [6.45, 7) is 0. The number of phenols is 1. The van der Waals surface area contributed by atoms with E-state index in [1.165, 1.54) is 0 Å². The highest BCUT2D eigenvalue weighted by Crippen LogP contribution is 2.23. The monoisotopic (exact) mass is 166 g/mol. The molecule has 0 radical (unpaired) electrons. The number of aromatic hydroxyl groups is 1. The third kappa shape index (κ3) is 0.952. The van der Waals surface area contributed by atoms with Gasteiger partial charge in [-0.25, -0.2) is 4.98 Å². The van der Waals surface area contributed by atoms with Crippen LogP contribution in [0.2, 0.25) is 0 Å². The fourth-order valence-electron chi connectivity index (χ4n) is 1.02. The Morgan fingerprint density at radius 2 is 2.27 bits per heavy atom. The van der Waals surface area contributed by atoms with Gasteiger partial charge in [0.2, 0.25) is 0 Å². The number of nitrogens with one attached hydrogen (secondary N) is 1. The van der Waals surface area contributed by atoms with E-state index in [0.29, 0.717) is 4.90 Å². The van der Waals surface area contributed by atoms with Crippen molar-refractivity contribution in [1.29, 1.82) is 0 Å². The van der Waals surface area contributed by atoms with Crippen molar-refractivity contribution < 1.29 is 5.11 Å². The van der Waals surface area contributed by atoms with E-state index in [0.717, 1.165) is 11.0 Å². The van der Waals surface area contributed by atoms with E-state index in [2.05, 4.69) is 22.6 Å². The molecule has 0 aliphatic rings. The van der Waals surface area contributed by atoms with Crippen molar-refractivity contribution in [2.24, 2.45) is 0 Å². The summed E-state index contributed by atoms with van der Waals surface area (Å²) in [6, 6.07) is 3.17. The van der Waals surface area contributed by atoms with E-state index >= 15 is 0 Å². The van der Waals surface area contributed by atoms with Gasteiger partial charge < -0.3 is 10.1 Å². The minimum absolute atomic E-state index is 0.201. The van der Waals surface area contributed by atoms with Crippen LogP contribution in [0.25, 0.3) is 11.0 Å². The molecule has 0 atom stereocenters. The second kappa shape index (κ2) is 2.17. The van der Waals surface area contributed by atoms with Gasteiger partial charge >= 0.3 is 0 Å². The Morgan fingerprint density at radius 3 is 3.09 bits per heavy atom. The van der Waals surface area contributed by atoms with Gasteiger partial charge in [0.15, 0.2) is 0 Å². The van der Waals surface area contributed by atoms with E-state index in [-0.39, 0.29) is 5.75 Å². The number of hydrogen-bond donors (Lipinski definition) is 3. The van der Waals surface area contributed by atoms with Crippen LogP contribution in [-0.4, -0.2) is 15.1 Å². The summed E-state index contributed by atoms with van der Waals surface area (Å²) in [6.07, 6.45) is 1.57. The molecule has 56 valence electrons. The summed E-state index contributed by atoms with van der Waals surface area (Å²) in [7, 11) is 0. The maximum atomic E-state index is 9.13. The van der Waals surface area contributed by atoms with Gasteiger partial charge in [-0.3, -0.25) is 0 Å². The lowest BCUT2D eigenvalue weighted by Gasteiger charge is -1.94. The van der Waals surface area contributed by atoms with Gasteiger partial charge in [0.25, 0.3) is 0 Å². The average Bonchev–Trinajstić information content (AvgIpc) is 2.34. The van der Waals surface area contributed by atoms with Crippen molar-refractivity contribution in [1.82, 2.24) is 9.97 Å². The van der Waals surface area contributed by atoms with Crippen LogP contribution >= 0.6 is 12.6 Å². The molecule has 2 N–H and O–H groups in total. The molecule has 0 unspecified atom stereocenters. The summed E-state index contributed by atoms with van der Waals surface area (Å²) in [5.41, 5.74) is 1.58. The van der Waals surface area contributed by atoms with Crippen molar-refractivity contribution in [2.45, 2.75) is 4.90 Å². The van der Waals surface area contributed by atoms with E-state index in [1.54, 1.807) is 18.5 Å². The molecule has 0 bridgehead atoms. The highest BCUT2D eigenvalue weighted by Gasteiger charge is 2.01. The zero-order valence-electron chi connectivity index (χ0n) is 5.57. The number of benzene rings is 1. The molecule has 1 aromatic carbocycles. The summed E-state index contributed by atoms with van der Waals surface area (Å²) in [5, 5.41) is 9.13. The largest absolute Gasteiger partial charge is 0.508 e. The van der Waals surface area contributed by atoms with Crippen LogP contribution in [0.15, 0.2) is 23.4 Å². The van der Waals surface area contributed by atoms with Crippen LogP contribution in [0.1, 0.15) is 0 Å². The summed E-state index contributed by atoms with van der Waals surface area (Å²) < 4.78 is 0. The molecular weight excluding hydrogens is 160 g/mol. The van der Waals surface area contributed by atoms with Crippen LogP contribution in [0, 0.1) is 0 Å². The Labute approximate surface area is 68.5 Å². The van der Waals surface area contributed by atoms with E-state index in [4.69, 9.17) is 5.11 Å². The molecule has 1 heterocycles. The fourth-order valence-corrected chi connectivity index (χ4v) is 1.33. The van der Waals surface area contributed by atoms with Gasteiger partial charge in [-0.05, 0) is 6.07 Å². The zero-order chi connectivity index (χ0) is 7.84. The molecule has 0 aliphatic heterocycles. The number of nitrogens with zero attached hydrogens (tertiary/aromatic N) is 1. The number of fused-ring (bicyclic) bond motifs is 1. The molecule has 0 fully saturated rings. The Bertz CT molecular complexity index is 396. The lowest BCUT2D eigenvalue weighted by Crippen LogP contribution is -1.72. The highest BCUT2D eigenvalue weighted by molar-refractivity contribution is 7.80. The Morgan fingerprint density at radius 1 is 1.45 bits per heavy atom. The van der Waals surface area contributed by atoms with Crippen LogP contribution in [0.4, 0.5) is 0 Å². The number of aromatic nitrogens is 2. The predicted octanol–water partition coefficient (Wildman–Crippen LogP) is 1.56. The number of H-pyrrole nitrogens is 1. The standard InChI is InChI=1S/C7H6N2OS/c10-4-1-5-7(6(11)2-4)9-3-8-5/h1-3,10-11H,(H,8,9). The Balaban J connectivity index is 2.91. The number of rotatable bonds is 0. The van der Waals surface area contributed by atoms with E-state index < -0.39 is 0 Å². The molecular formula is C7H6N2OS. The Kier molecular flexibility index (Phi) is 1.29. The summed E-state index contributed by atoms with van der Waals surface area (Å²) in [5.74, 6) is 0.201. The van der Waals surface area contributed by atoms with Crippen LogP contribution in [0.5, 0.6) is 5.75 Å². The molecule has 1 aromatic heterocycles. The van der Waals surface area contributed by atoms with Gasteiger partial charge in [0, 0.05) is 11.0 Å². The maximum absolute atomic E-state index is 9.13. The van der Waals surface area contributed by atoms with Gasteiger partial charge in [0.1, 0.15) is 11.3 Å². The first kappa shape index (κ1) is 6.54. The van der Waals surface area contributed by atoms with Crippen molar-refractivity contribution in [3.05, 3.63) is 18.5 Å². The molecule has 3 nitrogen and oxygen atoms in total. The zero-order valence-corrected chi connectivity index (χ0v) is 6.47. The van der Waals surface area contributed by atoms with Crippen molar-refractivity contribution >= 4 is 23.7 Å². The van der Waals surface area contributed by atoms with Crippen LogP contribution in [0.3, 0.4) is 0 Å². The summed E-state index contributed by atoms with van der Waals surface area (Å²) >= 11 is 4.14. The average molecular weight is 166 g/mol. The fraction of sp³-hybridized carbons (Fsp3) is 0. The highest BCUT2D eigenvalue weighted by atomic mass is 32.1. The lowest BCUT2D eigenvalue weighted by molar-refractivity contribution is 0.475. The molecule has 4 heteroatoms. The number of imidazole rings is 1.